The summed E-state index contributed by atoms with van der Waals surface area (Å²) in [6.45, 7) is 3.87. The maximum Gasteiger partial charge on any atom is 0.245 e. The van der Waals surface area contributed by atoms with Crippen molar-refractivity contribution in [2.75, 3.05) is 5.32 Å². The highest BCUT2D eigenvalue weighted by Crippen LogP contribution is 2.31. The molecule has 0 aliphatic heterocycles. The van der Waals surface area contributed by atoms with Crippen molar-refractivity contribution in [2.24, 2.45) is 0 Å². The molecule has 0 spiro atoms. The average molecular weight is 430 g/mol. The summed E-state index contributed by atoms with van der Waals surface area (Å²) < 4.78 is 19.2. The first-order valence-electron chi connectivity index (χ1n) is 9.86. The molecule has 162 valence electrons. The van der Waals surface area contributed by atoms with Crippen LogP contribution >= 0.6 is 0 Å². The molecule has 0 aliphatic carbocycles. The van der Waals surface area contributed by atoms with Gasteiger partial charge in [-0.05, 0) is 61.4 Å². The van der Waals surface area contributed by atoms with Crippen molar-refractivity contribution >= 4 is 33.7 Å². The molecular weight excluding hydrogens is 407 g/mol. The van der Waals surface area contributed by atoms with Gasteiger partial charge in [0.05, 0.1) is 17.9 Å². The van der Waals surface area contributed by atoms with Gasteiger partial charge in [-0.1, -0.05) is 19.6 Å². The van der Waals surface area contributed by atoms with Gasteiger partial charge in [-0.2, -0.15) is 9.97 Å². The zero-order valence-corrected chi connectivity index (χ0v) is 16.9. The lowest BCUT2D eigenvalue weighted by molar-refractivity contribution is 0.235. The third kappa shape index (κ3) is 4.07. The monoisotopic (exact) mass is 430 g/mol. The summed E-state index contributed by atoms with van der Waals surface area (Å²) >= 11 is 0. The number of fused-ring (bicyclic) bond motifs is 2. The van der Waals surface area contributed by atoms with E-state index in [2.05, 4.69) is 30.2 Å². The average Bonchev–Trinajstić information content (AvgIpc) is 3.23. The lowest BCUT2D eigenvalue weighted by Gasteiger charge is -2.12. The van der Waals surface area contributed by atoms with Crippen molar-refractivity contribution in [2.45, 2.75) is 27.4 Å². The quantitative estimate of drug-likeness (QED) is 0.362. The van der Waals surface area contributed by atoms with Crippen molar-refractivity contribution in [1.82, 2.24) is 24.9 Å². The molecule has 0 bridgehead atoms. The first-order chi connectivity index (χ1) is 15.1. The molecule has 0 amide bonds. The minimum atomic E-state index is -0.269. The number of nitrogens with zero attached hydrogens (tertiary/aromatic N) is 4. The van der Waals surface area contributed by atoms with Crippen LogP contribution in [0, 0.1) is 5.82 Å². The van der Waals surface area contributed by atoms with Gasteiger partial charge < -0.3 is 15.0 Å². The standard InChI is InChI=1S/C23H19FN6O.CH4/c1-13(2)31-22-20-21(27-12-26-20)29-23(30-22)28-16-7-8-19-18(11-16)17(9-10-25-19)14-3-5-15(24)6-4-14;/h3-13H,1-2H3,(H2,26,27,28,29,30);1H4. The number of hydrogen-bond donors (Lipinski definition) is 2. The Morgan fingerprint density at radius 2 is 1.81 bits per heavy atom. The highest BCUT2D eigenvalue weighted by Gasteiger charge is 2.13. The zero-order chi connectivity index (χ0) is 21.4. The second-order valence-corrected chi connectivity index (χ2v) is 7.34. The summed E-state index contributed by atoms with van der Waals surface area (Å²) in [5.41, 5.74) is 4.66. The van der Waals surface area contributed by atoms with Crippen LogP contribution in [0.2, 0.25) is 0 Å². The van der Waals surface area contributed by atoms with Gasteiger partial charge in [0.2, 0.25) is 11.8 Å². The van der Waals surface area contributed by atoms with Gasteiger partial charge in [0.25, 0.3) is 0 Å². The molecule has 7 nitrogen and oxygen atoms in total. The topological polar surface area (TPSA) is 88.6 Å². The van der Waals surface area contributed by atoms with Gasteiger partial charge in [-0.15, -0.1) is 0 Å². The van der Waals surface area contributed by atoms with Crippen LogP contribution in [0.3, 0.4) is 0 Å². The predicted molar refractivity (Wildman–Crippen MR) is 125 cm³/mol. The number of anilines is 2. The van der Waals surface area contributed by atoms with Gasteiger partial charge in [0.15, 0.2) is 5.65 Å². The van der Waals surface area contributed by atoms with E-state index in [1.807, 2.05) is 38.1 Å². The molecular formula is C24H23FN6O. The third-order valence-electron chi connectivity index (χ3n) is 4.75. The summed E-state index contributed by atoms with van der Waals surface area (Å²) in [6, 6.07) is 14.1. The highest BCUT2D eigenvalue weighted by molar-refractivity contribution is 5.96. The van der Waals surface area contributed by atoms with Crippen molar-refractivity contribution in [1.29, 1.82) is 0 Å². The van der Waals surface area contributed by atoms with Crippen molar-refractivity contribution in [3.63, 3.8) is 0 Å². The molecule has 0 unspecified atom stereocenters. The van der Waals surface area contributed by atoms with Crippen LogP contribution in [-0.4, -0.2) is 31.0 Å². The molecule has 0 saturated carbocycles. The molecule has 3 aromatic heterocycles. The lowest BCUT2D eigenvalue weighted by atomic mass is 10.0. The third-order valence-corrected chi connectivity index (χ3v) is 4.75. The number of aromatic nitrogens is 5. The molecule has 0 radical (unpaired) electrons. The Kier molecular flexibility index (Phi) is 5.68. The Balaban J connectivity index is 0.00000245. The number of imidazole rings is 1. The van der Waals surface area contributed by atoms with E-state index in [0.29, 0.717) is 23.0 Å². The fourth-order valence-corrected chi connectivity index (χ4v) is 3.41. The van der Waals surface area contributed by atoms with Gasteiger partial charge >= 0.3 is 0 Å². The van der Waals surface area contributed by atoms with Crippen molar-refractivity contribution in [3.05, 3.63) is 66.9 Å². The van der Waals surface area contributed by atoms with Gasteiger partial charge in [-0.3, -0.25) is 4.98 Å². The summed E-state index contributed by atoms with van der Waals surface area (Å²) in [5.74, 6) is 0.547. The Bertz CT molecular complexity index is 1380. The minimum absolute atomic E-state index is 0. The fraction of sp³-hybridized carbons (Fsp3) is 0.167. The number of pyridine rings is 1. The summed E-state index contributed by atoms with van der Waals surface area (Å²) in [7, 11) is 0. The predicted octanol–water partition coefficient (Wildman–Crippen LogP) is 5.87. The number of rotatable bonds is 5. The van der Waals surface area contributed by atoms with Crippen molar-refractivity contribution in [3.8, 4) is 17.0 Å². The number of nitrogens with one attached hydrogen (secondary N) is 2. The molecule has 0 saturated heterocycles. The Labute approximate surface area is 184 Å². The molecule has 5 rings (SSSR count). The van der Waals surface area contributed by atoms with E-state index in [9.17, 15) is 4.39 Å². The SMILES string of the molecule is C.CC(C)Oc1nc(Nc2ccc3nccc(-c4ccc(F)cc4)c3c2)nc2nc[nH]c12. The van der Waals surface area contributed by atoms with Gasteiger partial charge in [0, 0.05) is 17.3 Å². The Hall–Kier alpha value is -4.07. The molecule has 5 aromatic rings. The number of ether oxygens (including phenoxy) is 1. The van der Waals surface area contributed by atoms with Gasteiger partial charge in [-0.25, -0.2) is 9.37 Å². The first kappa shape index (κ1) is 21.2. The normalized spacial score (nSPS) is 11.0. The molecule has 2 N–H and O–H groups in total. The maximum atomic E-state index is 13.4. The maximum absolute atomic E-state index is 13.4. The molecule has 32 heavy (non-hydrogen) atoms. The highest BCUT2D eigenvalue weighted by atomic mass is 19.1. The number of benzene rings is 2. The Morgan fingerprint density at radius 3 is 2.59 bits per heavy atom. The van der Waals surface area contributed by atoms with Gasteiger partial charge in [0.1, 0.15) is 11.3 Å². The minimum Gasteiger partial charge on any atom is -0.473 e. The summed E-state index contributed by atoms with van der Waals surface area (Å²) in [4.78, 5) is 20.7. The number of H-pyrrole nitrogens is 1. The van der Waals surface area contributed by atoms with E-state index in [4.69, 9.17) is 4.74 Å². The van der Waals surface area contributed by atoms with E-state index in [1.165, 1.54) is 12.1 Å². The molecule has 3 heterocycles. The zero-order valence-electron chi connectivity index (χ0n) is 16.9. The van der Waals surface area contributed by atoms with Crippen LogP contribution in [-0.2, 0) is 0 Å². The van der Waals surface area contributed by atoms with E-state index < -0.39 is 0 Å². The molecule has 0 atom stereocenters. The molecule has 2 aromatic carbocycles. The Morgan fingerprint density at radius 1 is 1.00 bits per heavy atom. The van der Waals surface area contributed by atoms with Crippen LogP contribution in [0.1, 0.15) is 21.3 Å². The second-order valence-electron chi connectivity index (χ2n) is 7.34. The molecule has 8 heteroatoms. The fourth-order valence-electron chi connectivity index (χ4n) is 3.41. The van der Waals surface area contributed by atoms with Crippen LogP contribution in [0.15, 0.2) is 61.1 Å². The summed E-state index contributed by atoms with van der Waals surface area (Å²) in [6.07, 6.45) is 3.27. The van der Waals surface area contributed by atoms with Crippen LogP contribution in [0.25, 0.3) is 33.2 Å². The smallest absolute Gasteiger partial charge is 0.245 e. The van der Waals surface area contributed by atoms with Crippen LogP contribution < -0.4 is 10.1 Å². The van der Waals surface area contributed by atoms with E-state index in [1.54, 1.807) is 24.7 Å². The largest absolute Gasteiger partial charge is 0.473 e. The van der Waals surface area contributed by atoms with Crippen molar-refractivity contribution < 1.29 is 9.13 Å². The summed E-state index contributed by atoms with van der Waals surface area (Å²) in [5, 5.41) is 4.16. The number of aromatic amines is 1. The van der Waals surface area contributed by atoms with E-state index >= 15 is 0 Å². The lowest BCUT2D eigenvalue weighted by Crippen LogP contribution is -2.09. The molecule has 0 fully saturated rings. The van der Waals surface area contributed by atoms with Crippen LogP contribution in [0.5, 0.6) is 5.88 Å². The second kappa shape index (κ2) is 8.58. The van der Waals surface area contributed by atoms with E-state index in [-0.39, 0.29) is 19.3 Å². The van der Waals surface area contributed by atoms with Crippen LogP contribution in [0.4, 0.5) is 16.0 Å². The number of hydrogen-bond acceptors (Lipinski definition) is 6. The number of halogens is 1. The van der Waals surface area contributed by atoms with E-state index in [0.717, 1.165) is 27.7 Å². The molecule has 0 aliphatic rings. The first-order valence-corrected chi connectivity index (χ1v) is 9.86.